The number of rotatable bonds is 6. The van der Waals surface area contributed by atoms with Crippen LogP contribution in [0.25, 0.3) is 11.3 Å². The van der Waals surface area contributed by atoms with Gasteiger partial charge < -0.3 is 14.5 Å². The molecule has 27 heavy (non-hydrogen) atoms. The van der Waals surface area contributed by atoms with E-state index in [0.29, 0.717) is 24.5 Å². The molecular formula is C23H25NO3. The van der Waals surface area contributed by atoms with Crippen molar-refractivity contribution in [3.05, 3.63) is 78.1 Å². The Kier molecular flexibility index (Phi) is 5.65. The Morgan fingerprint density at radius 3 is 2.41 bits per heavy atom. The molecule has 0 spiro atoms. The van der Waals surface area contributed by atoms with E-state index in [-0.39, 0.29) is 11.3 Å². The zero-order chi connectivity index (χ0) is 19.3. The molecule has 0 aliphatic heterocycles. The van der Waals surface area contributed by atoms with Crippen LogP contribution in [0.3, 0.4) is 0 Å². The topological polar surface area (TPSA) is 51.5 Å². The van der Waals surface area contributed by atoms with Gasteiger partial charge in [-0.25, -0.2) is 0 Å². The molecule has 0 unspecified atom stereocenters. The molecule has 2 aromatic carbocycles. The second-order valence-corrected chi connectivity index (χ2v) is 7.40. The summed E-state index contributed by atoms with van der Waals surface area (Å²) in [4.78, 5) is 12.5. The number of nitrogens with one attached hydrogen (secondary N) is 1. The van der Waals surface area contributed by atoms with Crippen molar-refractivity contribution in [2.75, 3.05) is 13.2 Å². The quantitative estimate of drug-likeness (QED) is 0.623. The third-order valence-corrected chi connectivity index (χ3v) is 4.34. The lowest BCUT2D eigenvalue weighted by Gasteiger charge is -2.19. The Morgan fingerprint density at radius 1 is 1.00 bits per heavy atom. The minimum absolute atomic E-state index is 0.119. The molecule has 0 aliphatic carbocycles. The fourth-order valence-electron chi connectivity index (χ4n) is 2.81. The van der Waals surface area contributed by atoms with Crippen LogP contribution in [-0.4, -0.2) is 19.1 Å². The van der Waals surface area contributed by atoms with E-state index >= 15 is 0 Å². The predicted octanol–water partition coefficient (Wildman–Crippen LogP) is 5.05. The van der Waals surface area contributed by atoms with Crippen molar-refractivity contribution in [1.29, 1.82) is 0 Å². The highest BCUT2D eigenvalue weighted by molar-refractivity contribution is 6.00. The molecule has 0 fully saturated rings. The van der Waals surface area contributed by atoms with Gasteiger partial charge in [0.1, 0.15) is 18.1 Å². The molecule has 0 saturated heterocycles. The Hall–Kier alpha value is -3.01. The first kappa shape index (κ1) is 18.8. The maximum Gasteiger partial charge on any atom is 0.252 e. The first-order valence-electron chi connectivity index (χ1n) is 9.09. The van der Waals surface area contributed by atoms with Gasteiger partial charge in [0, 0.05) is 5.56 Å². The summed E-state index contributed by atoms with van der Waals surface area (Å²) in [6.45, 7) is 7.37. The van der Waals surface area contributed by atoms with Gasteiger partial charge in [0.2, 0.25) is 0 Å². The molecular weight excluding hydrogens is 338 g/mol. The van der Waals surface area contributed by atoms with Crippen molar-refractivity contribution in [3.8, 4) is 17.1 Å². The number of ether oxygens (including phenoxy) is 1. The molecule has 0 radical (unpaired) electrons. The fourth-order valence-corrected chi connectivity index (χ4v) is 2.81. The van der Waals surface area contributed by atoms with Crippen LogP contribution in [0.5, 0.6) is 5.75 Å². The highest BCUT2D eigenvalue weighted by atomic mass is 16.5. The number of carbonyl (C=O) groups is 1. The summed E-state index contributed by atoms with van der Waals surface area (Å²) in [5, 5.41) is 2.90. The van der Waals surface area contributed by atoms with E-state index < -0.39 is 0 Å². The van der Waals surface area contributed by atoms with Gasteiger partial charge in [0.05, 0.1) is 18.4 Å². The van der Waals surface area contributed by atoms with Crippen LogP contribution in [-0.2, 0) is 5.41 Å². The number of amides is 1. The second kappa shape index (κ2) is 8.12. The molecule has 1 aromatic heterocycles. The van der Waals surface area contributed by atoms with Gasteiger partial charge in [-0.05, 0) is 41.3 Å². The van der Waals surface area contributed by atoms with Crippen molar-refractivity contribution in [2.45, 2.75) is 26.2 Å². The highest BCUT2D eigenvalue weighted by Crippen LogP contribution is 2.25. The number of benzene rings is 2. The fraction of sp³-hybridized carbons (Fsp3) is 0.261. The molecule has 0 saturated carbocycles. The van der Waals surface area contributed by atoms with E-state index in [0.717, 1.165) is 11.3 Å². The van der Waals surface area contributed by atoms with Crippen LogP contribution in [0.2, 0.25) is 0 Å². The molecule has 0 atom stereocenters. The van der Waals surface area contributed by atoms with E-state index in [1.807, 2.05) is 42.5 Å². The van der Waals surface area contributed by atoms with Crippen LogP contribution in [0, 0.1) is 0 Å². The largest absolute Gasteiger partial charge is 0.492 e. The zero-order valence-corrected chi connectivity index (χ0v) is 16.0. The monoisotopic (exact) mass is 363 g/mol. The first-order chi connectivity index (χ1) is 12.9. The van der Waals surface area contributed by atoms with E-state index in [9.17, 15) is 4.79 Å². The normalized spacial score (nSPS) is 11.2. The Morgan fingerprint density at radius 2 is 1.74 bits per heavy atom. The summed E-state index contributed by atoms with van der Waals surface area (Å²) in [7, 11) is 0. The number of hydrogen-bond donors (Lipinski definition) is 1. The molecule has 3 aromatic rings. The summed E-state index contributed by atoms with van der Waals surface area (Å²) in [5.74, 6) is 1.33. The third kappa shape index (κ3) is 4.79. The van der Waals surface area contributed by atoms with Gasteiger partial charge in [-0.3, -0.25) is 4.79 Å². The highest BCUT2D eigenvalue weighted by Gasteiger charge is 2.14. The zero-order valence-electron chi connectivity index (χ0n) is 16.0. The number of hydrogen-bond acceptors (Lipinski definition) is 3. The summed E-state index contributed by atoms with van der Waals surface area (Å²) in [6.07, 6.45) is 1.60. The van der Waals surface area contributed by atoms with Gasteiger partial charge in [0.15, 0.2) is 0 Å². The van der Waals surface area contributed by atoms with E-state index in [1.165, 1.54) is 5.56 Å². The smallest absolute Gasteiger partial charge is 0.252 e. The molecule has 4 heteroatoms. The maximum absolute atomic E-state index is 12.5. The second-order valence-electron chi connectivity index (χ2n) is 7.40. The lowest BCUT2D eigenvalue weighted by molar-refractivity contribution is 0.0947. The van der Waals surface area contributed by atoms with Gasteiger partial charge in [-0.15, -0.1) is 0 Å². The van der Waals surface area contributed by atoms with Crippen molar-refractivity contribution in [1.82, 2.24) is 5.32 Å². The van der Waals surface area contributed by atoms with Crippen LogP contribution >= 0.6 is 0 Å². The van der Waals surface area contributed by atoms with Crippen LogP contribution in [0.4, 0.5) is 0 Å². The summed E-state index contributed by atoms with van der Waals surface area (Å²) < 4.78 is 11.2. The van der Waals surface area contributed by atoms with Crippen LogP contribution < -0.4 is 10.1 Å². The van der Waals surface area contributed by atoms with Crippen molar-refractivity contribution >= 4 is 5.91 Å². The lowest BCUT2D eigenvalue weighted by atomic mass is 9.87. The third-order valence-electron chi connectivity index (χ3n) is 4.34. The lowest BCUT2D eigenvalue weighted by Crippen LogP contribution is -2.28. The molecule has 1 amide bonds. The van der Waals surface area contributed by atoms with Gasteiger partial charge in [-0.2, -0.15) is 0 Å². The van der Waals surface area contributed by atoms with Crippen molar-refractivity contribution < 1.29 is 13.9 Å². The molecule has 4 nitrogen and oxygen atoms in total. The molecule has 1 N–H and O–H groups in total. The van der Waals surface area contributed by atoms with Crippen molar-refractivity contribution in [2.24, 2.45) is 0 Å². The molecule has 0 bridgehead atoms. The molecule has 3 rings (SSSR count). The average molecular weight is 363 g/mol. The average Bonchev–Trinajstić information content (AvgIpc) is 3.19. The van der Waals surface area contributed by atoms with E-state index in [1.54, 1.807) is 12.3 Å². The maximum atomic E-state index is 12.5. The van der Waals surface area contributed by atoms with Crippen molar-refractivity contribution in [3.63, 3.8) is 0 Å². The standard InChI is InChI=1S/C23H25NO3/c1-23(2,3)17-10-12-18(13-11-17)26-16-14-24-22(25)20-8-5-4-7-19(20)21-9-6-15-27-21/h4-13,15H,14,16H2,1-3H3,(H,24,25). The Bertz CT molecular complexity index is 875. The Balaban J connectivity index is 1.54. The van der Waals surface area contributed by atoms with Gasteiger partial charge >= 0.3 is 0 Å². The summed E-state index contributed by atoms with van der Waals surface area (Å²) >= 11 is 0. The number of furan rings is 1. The van der Waals surface area contributed by atoms with Crippen LogP contribution in [0.15, 0.2) is 71.3 Å². The minimum atomic E-state index is -0.145. The van der Waals surface area contributed by atoms with Gasteiger partial charge in [0.25, 0.3) is 5.91 Å². The van der Waals surface area contributed by atoms with E-state index in [2.05, 4.69) is 38.2 Å². The van der Waals surface area contributed by atoms with Gasteiger partial charge in [-0.1, -0.05) is 51.1 Å². The summed E-state index contributed by atoms with van der Waals surface area (Å²) in [5.41, 5.74) is 2.74. The van der Waals surface area contributed by atoms with Crippen LogP contribution in [0.1, 0.15) is 36.7 Å². The Labute approximate surface area is 160 Å². The number of carbonyl (C=O) groups excluding carboxylic acids is 1. The summed E-state index contributed by atoms with van der Waals surface area (Å²) in [6, 6.07) is 19.1. The van der Waals surface area contributed by atoms with E-state index in [4.69, 9.17) is 9.15 Å². The SMILES string of the molecule is CC(C)(C)c1ccc(OCCNC(=O)c2ccccc2-c2ccco2)cc1. The minimum Gasteiger partial charge on any atom is -0.492 e. The molecule has 0 aliphatic rings. The molecule has 140 valence electrons. The first-order valence-corrected chi connectivity index (χ1v) is 9.09. The predicted molar refractivity (Wildman–Crippen MR) is 107 cm³/mol. The molecule has 1 heterocycles.